The molecule has 78 valence electrons. The van der Waals surface area contributed by atoms with Crippen LogP contribution in [0.5, 0.6) is 0 Å². The molecule has 0 radical (unpaired) electrons. The molecule has 0 bridgehead atoms. The molecule has 0 saturated carbocycles. The van der Waals surface area contributed by atoms with Gasteiger partial charge in [-0.2, -0.15) is 0 Å². The van der Waals surface area contributed by atoms with Crippen LogP contribution in [0.4, 0.5) is 0 Å². The topological polar surface area (TPSA) is 52.4 Å². The third kappa shape index (κ3) is 2.34. The second-order valence-corrected chi connectivity index (χ2v) is 3.39. The molecule has 0 aliphatic carbocycles. The van der Waals surface area contributed by atoms with Crippen LogP contribution in [0, 0.1) is 5.21 Å². The minimum atomic E-state index is -0.382. The van der Waals surface area contributed by atoms with Gasteiger partial charge in [0.25, 0.3) is 0 Å². The van der Waals surface area contributed by atoms with Gasteiger partial charge in [0, 0.05) is 0 Å². The second-order valence-electron chi connectivity index (χ2n) is 3.39. The summed E-state index contributed by atoms with van der Waals surface area (Å²) >= 11 is 0. The molecule has 0 spiro atoms. The molecule has 0 aromatic heterocycles. The van der Waals surface area contributed by atoms with Crippen molar-refractivity contribution in [1.29, 1.82) is 0 Å². The van der Waals surface area contributed by atoms with E-state index < -0.39 is 0 Å². The highest BCUT2D eigenvalue weighted by Crippen LogP contribution is 2.08. The summed E-state index contributed by atoms with van der Waals surface area (Å²) in [5.74, 6) is -0.382. The summed E-state index contributed by atoms with van der Waals surface area (Å²) in [5.41, 5.74) is 0.509. The Morgan fingerprint density at radius 3 is 2.73 bits per heavy atom. The van der Waals surface area contributed by atoms with E-state index in [1.54, 1.807) is 24.3 Å². The van der Waals surface area contributed by atoms with Gasteiger partial charge in [0.1, 0.15) is 0 Å². The van der Waals surface area contributed by atoms with Crippen LogP contribution in [-0.4, -0.2) is 29.6 Å². The highest BCUT2D eigenvalue weighted by Gasteiger charge is 2.22. The van der Waals surface area contributed by atoms with Crippen LogP contribution in [-0.2, 0) is 4.74 Å². The maximum Gasteiger partial charge on any atom is 0.338 e. The summed E-state index contributed by atoms with van der Waals surface area (Å²) in [7, 11) is 0. The number of ether oxygens (including phenoxy) is 1. The lowest BCUT2D eigenvalue weighted by atomic mass is 10.2. The standard InChI is InChI=1S/C11H11NO3/c13-11(9-4-2-1-3-5-9)15-10-6-7-12(14)8-10/h1-5,8,10H,6-7H2/t10-/m1/s1. The normalized spacial score (nSPS) is 19.7. The molecule has 0 saturated heterocycles. The van der Waals surface area contributed by atoms with E-state index in [-0.39, 0.29) is 12.1 Å². The zero-order valence-electron chi connectivity index (χ0n) is 8.13. The Morgan fingerprint density at radius 2 is 2.13 bits per heavy atom. The first-order valence-corrected chi connectivity index (χ1v) is 4.80. The predicted octanol–water partition coefficient (Wildman–Crippen LogP) is 1.20. The SMILES string of the molecule is O=C(O[C@H]1C=[N+]([O-])CC1)c1ccccc1. The van der Waals surface area contributed by atoms with Crippen molar-refractivity contribution in [3.05, 3.63) is 41.1 Å². The molecule has 15 heavy (non-hydrogen) atoms. The van der Waals surface area contributed by atoms with Crippen molar-refractivity contribution >= 4 is 12.2 Å². The van der Waals surface area contributed by atoms with E-state index in [1.165, 1.54) is 6.21 Å². The number of hydroxylamine groups is 1. The summed E-state index contributed by atoms with van der Waals surface area (Å²) in [6, 6.07) is 8.75. The number of carbonyl (C=O) groups is 1. The quantitative estimate of drug-likeness (QED) is 0.414. The molecule has 4 nitrogen and oxygen atoms in total. The van der Waals surface area contributed by atoms with Gasteiger partial charge in [-0.05, 0) is 12.1 Å². The zero-order valence-corrected chi connectivity index (χ0v) is 8.13. The molecule has 0 amide bonds. The molecule has 1 aromatic rings. The molecule has 1 atom stereocenters. The van der Waals surface area contributed by atoms with Crippen molar-refractivity contribution in [3.8, 4) is 0 Å². The molecule has 0 unspecified atom stereocenters. The van der Waals surface area contributed by atoms with E-state index in [1.807, 2.05) is 6.07 Å². The molecule has 2 rings (SSSR count). The number of esters is 1. The van der Waals surface area contributed by atoms with Gasteiger partial charge >= 0.3 is 5.97 Å². The fourth-order valence-corrected chi connectivity index (χ4v) is 1.46. The lowest BCUT2D eigenvalue weighted by molar-refractivity contribution is -0.443. The van der Waals surface area contributed by atoms with Gasteiger partial charge in [-0.3, -0.25) is 0 Å². The van der Waals surface area contributed by atoms with E-state index in [0.29, 0.717) is 18.5 Å². The molecule has 0 fully saturated rings. The fraction of sp³-hybridized carbons (Fsp3) is 0.273. The van der Waals surface area contributed by atoms with Crippen LogP contribution >= 0.6 is 0 Å². The largest absolute Gasteiger partial charge is 0.624 e. The molecule has 1 heterocycles. The number of hydrogen-bond acceptors (Lipinski definition) is 3. The maximum absolute atomic E-state index is 11.5. The van der Waals surface area contributed by atoms with E-state index in [9.17, 15) is 10.0 Å². The second kappa shape index (κ2) is 4.13. The molecule has 1 aliphatic heterocycles. The van der Waals surface area contributed by atoms with Gasteiger partial charge in [0.15, 0.2) is 18.9 Å². The first kappa shape index (κ1) is 9.71. The van der Waals surface area contributed by atoms with E-state index in [4.69, 9.17) is 4.74 Å². The van der Waals surface area contributed by atoms with Gasteiger partial charge in [-0.25, -0.2) is 9.53 Å². The zero-order chi connectivity index (χ0) is 10.7. The minimum absolute atomic E-state index is 0.379. The van der Waals surface area contributed by atoms with E-state index >= 15 is 0 Å². The Labute approximate surface area is 87.4 Å². The van der Waals surface area contributed by atoms with Crippen LogP contribution in [0.25, 0.3) is 0 Å². The van der Waals surface area contributed by atoms with Crippen LogP contribution in [0.2, 0.25) is 0 Å². The summed E-state index contributed by atoms with van der Waals surface area (Å²) < 4.78 is 5.93. The predicted molar refractivity (Wildman–Crippen MR) is 54.8 cm³/mol. The fourth-order valence-electron chi connectivity index (χ4n) is 1.46. The van der Waals surface area contributed by atoms with Crippen molar-refractivity contribution in [3.63, 3.8) is 0 Å². The van der Waals surface area contributed by atoms with E-state index in [2.05, 4.69) is 0 Å². The summed E-state index contributed by atoms with van der Waals surface area (Å²) in [6.07, 6.45) is 1.58. The van der Waals surface area contributed by atoms with Gasteiger partial charge in [-0.15, -0.1) is 0 Å². The van der Waals surface area contributed by atoms with Crippen molar-refractivity contribution in [2.45, 2.75) is 12.5 Å². The molecular formula is C11H11NO3. The van der Waals surface area contributed by atoms with Crippen LogP contribution in [0.1, 0.15) is 16.8 Å². The molecule has 4 heteroatoms. The number of carbonyl (C=O) groups excluding carboxylic acids is 1. The van der Waals surface area contributed by atoms with Gasteiger partial charge in [-0.1, -0.05) is 18.2 Å². The van der Waals surface area contributed by atoms with Gasteiger partial charge in [0.05, 0.1) is 12.0 Å². The third-order valence-electron chi connectivity index (χ3n) is 2.23. The Hall–Kier alpha value is -1.84. The Kier molecular flexibility index (Phi) is 2.67. The van der Waals surface area contributed by atoms with Crippen molar-refractivity contribution < 1.29 is 14.3 Å². The van der Waals surface area contributed by atoms with E-state index in [0.717, 1.165) is 4.74 Å². The van der Waals surface area contributed by atoms with Gasteiger partial charge in [0.2, 0.25) is 0 Å². The Balaban J connectivity index is 1.99. The van der Waals surface area contributed by atoms with Crippen molar-refractivity contribution in [2.75, 3.05) is 6.54 Å². The van der Waals surface area contributed by atoms with Crippen molar-refractivity contribution in [2.24, 2.45) is 0 Å². The number of rotatable bonds is 2. The summed E-state index contributed by atoms with van der Waals surface area (Å²) in [5, 5.41) is 10.8. The Bertz CT molecular complexity index is 386. The number of benzene rings is 1. The van der Waals surface area contributed by atoms with Crippen LogP contribution in [0.3, 0.4) is 0 Å². The van der Waals surface area contributed by atoms with Crippen molar-refractivity contribution in [1.82, 2.24) is 0 Å². The third-order valence-corrected chi connectivity index (χ3v) is 2.23. The first-order chi connectivity index (χ1) is 7.25. The lowest BCUT2D eigenvalue weighted by Gasteiger charge is -2.05. The Morgan fingerprint density at radius 1 is 1.40 bits per heavy atom. The first-order valence-electron chi connectivity index (χ1n) is 4.80. The monoisotopic (exact) mass is 205 g/mol. The minimum Gasteiger partial charge on any atom is -0.624 e. The number of nitrogens with zero attached hydrogens (tertiary/aromatic N) is 1. The number of hydrogen-bond donors (Lipinski definition) is 0. The molecule has 1 aromatic carbocycles. The molecular weight excluding hydrogens is 194 g/mol. The summed E-state index contributed by atoms with van der Waals surface area (Å²) in [6.45, 7) is 0.396. The highest BCUT2D eigenvalue weighted by atomic mass is 16.5. The molecule has 1 aliphatic rings. The summed E-state index contributed by atoms with van der Waals surface area (Å²) in [4.78, 5) is 11.5. The maximum atomic E-state index is 11.5. The average molecular weight is 205 g/mol. The van der Waals surface area contributed by atoms with Crippen LogP contribution in [0.15, 0.2) is 30.3 Å². The lowest BCUT2D eigenvalue weighted by Crippen LogP contribution is -2.17. The average Bonchev–Trinajstić information content (AvgIpc) is 2.65. The smallest absolute Gasteiger partial charge is 0.338 e. The molecule has 0 N–H and O–H groups in total. The highest BCUT2D eigenvalue weighted by molar-refractivity contribution is 5.90. The van der Waals surface area contributed by atoms with Gasteiger partial charge < -0.3 is 9.94 Å². The van der Waals surface area contributed by atoms with Crippen LogP contribution < -0.4 is 0 Å².